The minimum atomic E-state index is 0.505. The van der Waals surface area contributed by atoms with E-state index in [1.807, 2.05) is 35.3 Å². The number of aromatic nitrogens is 4. The van der Waals surface area contributed by atoms with Crippen molar-refractivity contribution in [3.8, 4) is 22.0 Å². The van der Waals surface area contributed by atoms with E-state index in [4.69, 9.17) is 5.73 Å². The zero-order valence-corrected chi connectivity index (χ0v) is 10.0. The average Bonchev–Trinajstić information content (AvgIpc) is 2.98. The number of nitrogen functional groups attached to an aromatic ring is 1. The molecular formula is C11H11N5S. The van der Waals surface area contributed by atoms with Gasteiger partial charge in [-0.05, 0) is 11.4 Å². The summed E-state index contributed by atoms with van der Waals surface area (Å²) in [4.78, 5) is 5.40. The Kier molecular flexibility index (Phi) is 2.22. The van der Waals surface area contributed by atoms with Crippen LogP contribution in [0.25, 0.3) is 22.0 Å². The average molecular weight is 245 g/mol. The number of H-pyrrole nitrogens is 1. The monoisotopic (exact) mass is 245 g/mol. The van der Waals surface area contributed by atoms with E-state index in [2.05, 4.69) is 15.2 Å². The molecule has 0 saturated heterocycles. The highest BCUT2D eigenvalue weighted by atomic mass is 32.1. The Bertz CT molecular complexity index is 635. The summed E-state index contributed by atoms with van der Waals surface area (Å²) >= 11 is 1.64. The maximum atomic E-state index is 5.92. The number of imidazole rings is 1. The number of aromatic amines is 1. The highest BCUT2D eigenvalue weighted by Crippen LogP contribution is 2.36. The van der Waals surface area contributed by atoms with Gasteiger partial charge in [-0.2, -0.15) is 5.10 Å². The lowest BCUT2D eigenvalue weighted by Gasteiger charge is -2.02. The van der Waals surface area contributed by atoms with E-state index in [0.717, 1.165) is 22.0 Å². The molecule has 0 aliphatic heterocycles. The van der Waals surface area contributed by atoms with E-state index < -0.39 is 0 Å². The number of thiophene rings is 1. The molecule has 0 amide bonds. The number of nitrogens with two attached hydrogens (primary N) is 1. The second-order valence-corrected chi connectivity index (χ2v) is 4.65. The van der Waals surface area contributed by atoms with Crippen LogP contribution in [0.15, 0.2) is 29.9 Å². The Morgan fingerprint density at radius 2 is 2.35 bits per heavy atom. The molecule has 3 N–H and O–H groups in total. The van der Waals surface area contributed by atoms with Crippen molar-refractivity contribution in [2.45, 2.75) is 0 Å². The summed E-state index contributed by atoms with van der Waals surface area (Å²) in [6, 6.07) is 4.02. The van der Waals surface area contributed by atoms with Gasteiger partial charge in [-0.3, -0.25) is 5.10 Å². The molecule has 0 radical (unpaired) electrons. The smallest absolute Gasteiger partial charge is 0.158 e. The molecule has 0 aromatic carbocycles. The molecule has 3 aromatic rings. The summed E-state index contributed by atoms with van der Waals surface area (Å²) in [5.41, 5.74) is 7.70. The molecule has 0 bridgehead atoms. The lowest BCUT2D eigenvalue weighted by atomic mass is 10.2. The van der Waals surface area contributed by atoms with Gasteiger partial charge < -0.3 is 10.3 Å². The minimum Gasteiger partial charge on any atom is -0.382 e. The van der Waals surface area contributed by atoms with Crippen LogP contribution < -0.4 is 5.73 Å². The van der Waals surface area contributed by atoms with Crippen molar-refractivity contribution < 1.29 is 0 Å². The van der Waals surface area contributed by atoms with Crippen molar-refractivity contribution in [2.75, 3.05) is 5.73 Å². The largest absolute Gasteiger partial charge is 0.382 e. The molecule has 0 atom stereocenters. The second kappa shape index (κ2) is 3.74. The van der Waals surface area contributed by atoms with Crippen LogP contribution in [0.3, 0.4) is 0 Å². The van der Waals surface area contributed by atoms with Gasteiger partial charge in [-0.15, -0.1) is 11.3 Å². The molecular weight excluding hydrogens is 234 g/mol. The predicted molar refractivity (Wildman–Crippen MR) is 68.5 cm³/mol. The van der Waals surface area contributed by atoms with Gasteiger partial charge >= 0.3 is 0 Å². The van der Waals surface area contributed by atoms with Crippen molar-refractivity contribution >= 4 is 17.2 Å². The van der Waals surface area contributed by atoms with Crippen molar-refractivity contribution in [2.24, 2.45) is 7.05 Å². The standard InChI is InChI=1S/C11H11N5S/c1-16-5-4-13-11(16)9-8(10(12)15-14-9)7-3-2-6-17-7/h2-6H,1H3,(H3,12,14,15). The Morgan fingerprint density at radius 1 is 1.47 bits per heavy atom. The third-order valence-corrected chi connectivity index (χ3v) is 3.49. The van der Waals surface area contributed by atoms with Crippen LogP contribution in [0.5, 0.6) is 0 Å². The molecule has 0 spiro atoms. The summed E-state index contributed by atoms with van der Waals surface area (Å²) in [6.07, 6.45) is 3.65. The number of rotatable bonds is 2. The SMILES string of the molecule is Cn1ccnc1-c1[nH]nc(N)c1-c1cccs1. The number of hydrogen-bond acceptors (Lipinski definition) is 4. The number of nitrogens with one attached hydrogen (secondary N) is 1. The molecule has 0 aliphatic rings. The Morgan fingerprint density at radius 3 is 3.00 bits per heavy atom. The second-order valence-electron chi connectivity index (χ2n) is 3.70. The number of nitrogens with zero attached hydrogens (tertiary/aromatic N) is 3. The number of aryl methyl sites for hydroxylation is 1. The molecule has 17 heavy (non-hydrogen) atoms. The fourth-order valence-corrected chi connectivity index (χ4v) is 2.58. The molecule has 0 unspecified atom stereocenters. The predicted octanol–water partition coefficient (Wildman–Crippen LogP) is 2.12. The molecule has 3 aromatic heterocycles. The van der Waals surface area contributed by atoms with Crippen molar-refractivity contribution in [1.82, 2.24) is 19.7 Å². The van der Waals surface area contributed by atoms with Crippen molar-refractivity contribution in [3.63, 3.8) is 0 Å². The molecule has 6 heteroatoms. The summed E-state index contributed by atoms with van der Waals surface area (Å²) in [7, 11) is 1.94. The number of hydrogen-bond donors (Lipinski definition) is 2. The van der Waals surface area contributed by atoms with Gasteiger partial charge in [0.2, 0.25) is 0 Å². The van der Waals surface area contributed by atoms with Crippen molar-refractivity contribution in [3.05, 3.63) is 29.9 Å². The molecule has 3 rings (SSSR count). The van der Waals surface area contributed by atoms with Gasteiger partial charge in [-0.25, -0.2) is 4.98 Å². The van der Waals surface area contributed by atoms with Crippen LogP contribution in [-0.2, 0) is 7.05 Å². The zero-order chi connectivity index (χ0) is 11.8. The molecule has 86 valence electrons. The normalized spacial score (nSPS) is 10.9. The van der Waals surface area contributed by atoms with E-state index in [-0.39, 0.29) is 0 Å². The molecule has 0 saturated carbocycles. The van der Waals surface area contributed by atoms with E-state index >= 15 is 0 Å². The van der Waals surface area contributed by atoms with Gasteiger partial charge in [0.15, 0.2) is 11.6 Å². The van der Waals surface area contributed by atoms with E-state index in [0.29, 0.717) is 5.82 Å². The summed E-state index contributed by atoms with van der Waals surface area (Å²) in [5, 5.41) is 9.05. The summed E-state index contributed by atoms with van der Waals surface area (Å²) in [6.45, 7) is 0. The fraction of sp³-hybridized carbons (Fsp3) is 0.0909. The Hall–Kier alpha value is -2.08. The van der Waals surface area contributed by atoms with Gasteiger partial charge in [-0.1, -0.05) is 6.07 Å². The van der Waals surface area contributed by atoms with Crippen LogP contribution in [0.4, 0.5) is 5.82 Å². The first kappa shape index (κ1) is 10.1. The Labute approximate surface area is 102 Å². The van der Waals surface area contributed by atoms with Crippen LogP contribution in [0.1, 0.15) is 0 Å². The summed E-state index contributed by atoms with van der Waals surface area (Å²) < 4.78 is 1.93. The van der Waals surface area contributed by atoms with Crippen LogP contribution in [0, 0.1) is 0 Å². The van der Waals surface area contributed by atoms with Gasteiger partial charge in [0, 0.05) is 24.3 Å². The first-order chi connectivity index (χ1) is 8.27. The topological polar surface area (TPSA) is 72.5 Å². The lowest BCUT2D eigenvalue weighted by molar-refractivity contribution is 0.914. The highest BCUT2D eigenvalue weighted by molar-refractivity contribution is 7.13. The molecule has 0 fully saturated rings. The van der Waals surface area contributed by atoms with Gasteiger partial charge in [0.25, 0.3) is 0 Å². The quantitative estimate of drug-likeness (QED) is 0.726. The minimum absolute atomic E-state index is 0.505. The lowest BCUT2D eigenvalue weighted by Crippen LogP contribution is -1.93. The molecule has 3 heterocycles. The fourth-order valence-electron chi connectivity index (χ4n) is 1.79. The van der Waals surface area contributed by atoms with Gasteiger partial charge in [0.05, 0.1) is 5.56 Å². The van der Waals surface area contributed by atoms with Crippen molar-refractivity contribution in [1.29, 1.82) is 0 Å². The molecule has 0 aliphatic carbocycles. The maximum Gasteiger partial charge on any atom is 0.158 e. The Balaban J connectivity index is 2.23. The highest BCUT2D eigenvalue weighted by Gasteiger charge is 2.17. The zero-order valence-electron chi connectivity index (χ0n) is 9.21. The van der Waals surface area contributed by atoms with E-state index in [9.17, 15) is 0 Å². The first-order valence-corrected chi connectivity index (χ1v) is 6.00. The van der Waals surface area contributed by atoms with E-state index in [1.54, 1.807) is 17.5 Å². The maximum absolute atomic E-state index is 5.92. The van der Waals surface area contributed by atoms with Crippen LogP contribution in [-0.4, -0.2) is 19.7 Å². The third-order valence-electron chi connectivity index (χ3n) is 2.61. The van der Waals surface area contributed by atoms with Gasteiger partial charge in [0.1, 0.15) is 5.69 Å². The van der Waals surface area contributed by atoms with E-state index in [1.165, 1.54) is 0 Å². The third kappa shape index (κ3) is 1.53. The van der Waals surface area contributed by atoms with Crippen LogP contribution >= 0.6 is 11.3 Å². The first-order valence-electron chi connectivity index (χ1n) is 5.13. The van der Waals surface area contributed by atoms with Crippen LogP contribution in [0.2, 0.25) is 0 Å². The summed E-state index contributed by atoms with van der Waals surface area (Å²) in [5.74, 6) is 1.34. The number of anilines is 1. The molecule has 5 nitrogen and oxygen atoms in total.